The van der Waals surface area contributed by atoms with Crippen molar-refractivity contribution in [3.8, 4) is 0 Å². The van der Waals surface area contributed by atoms with Crippen LogP contribution in [0.1, 0.15) is 44.4 Å². The molecule has 20 heavy (non-hydrogen) atoms. The molecule has 0 radical (unpaired) electrons. The van der Waals surface area contributed by atoms with Gasteiger partial charge in [0.2, 0.25) is 0 Å². The lowest BCUT2D eigenvalue weighted by Gasteiger charge is -2.26. The molecule has 1 aromatic rings. The normalized spacial score (nSPS) is 19.2. The first-order chi connectivity index (χ1) is 9.28. The molecule has 0 saturated carbocycles. The molecular weight excluding hydrogens is 367 g/mol. The van der Waals surface area contributed by atoms with Crippen LogP contribution in [-0.2, 0) is 11.3 Å². The van der Waals surface area contributed by atoms with Crippen LogP contribution >= 0.6 is 22.6 Å². The fraction of sp³-hybridized carbons (Fsp3) is 0.533. The molecule has 2 rings (SSSR count). The molecule has 1 amide bonds. The van der Waals surface area contributed by atoms with E-state index < -0.39 is 5.60 Å². The van der Waals surface area contributed by atoms with E-state index in [2.05, 4.69) is 28.7 Å². The first-order valence-corrected chi connectivity index (χ1v) is 7.86. The number of hydrogen-bond donors (Lipinski definition) is 1. The smallest absolute Gasteiger partial charge is 0.410 e. The summed E-state index contributed by atoms with van der Waals surface area (Å²) in [5, 5.41) is 0. The fourth-order valence-electron chi connectivity index (χ4n) is 2.29. The van der Waals surface area contributed by atoms with Gasteiger partial charge in [-0.1, -0.05) is 12.1 Å². The van der Waals surface area contributed by atoms with E-state index in [0.717, 1.165) is 21.1 Å². The van der Waals surface area contributed by atoms with Crippen molar-refractivity contribution in [2.24, 2.45) is 5.73 Å². The summed E-state index contributed by atoms with van der Waals surface area (Å²) in [7, 11) is 0. The molecule has 0 aromatic heterocycles. The Kier molecular flexibility index (Phi) is 4.59. The summed E-state index contributed by atoms with van der Waals surface area (Å²) < 4.78 is 6.61. The van der Waals surface area contributed by atoms with Crippen LogP contribution in [0, 0.1) is 3.57 Å². The highest BCUT2D eigenvalue weighted by Gasteiger charge is 2.27. The van der Waals surface area contributed by atoms with Gasteiger partial charge in [0, 0.05) is 16.2 Å². The third-order valence-corrected chi connectivity index (χ3v) is 4.28. The van der Waals surface area contributed by atoms with E-state index in [0.29, 0.717) is 13.1 Å². The number of fused-ring (bicyclic) bond motifs is 1. The minimum atomic E-state index is -0.474. The Morgan fingerprint density at radius 2 is 2.15 bits per heavy atom. The van der Waals surface area contributed by atoms with Crippen molar-refractivity contribution in [3.05, 3.63) is 32.9 Å². The topological polar surface area (TPSA) is 55.6 Å². The van der Waals surface area contributed by atoms with Crippen LogP contribution in [0.2, 0.25) is 0 Å². The van der Waals surface area contributed by atoms with Crippen LogP contribution in [0.25, 0.3) is 0 Å². The zero-order valence-corrected chi connectivity index (χ0v) is 14.3. The van der Waals surface area contributed by atoms with Gasteiger partial charge in [0.05, 0.1) is 6.54 Å². The number of nitrogens with two attached hydrogens (primary N) is 1. The van der Waals surface area contributed by atoms with Gasteiger partial charge in [-0.05, 0) is 67.0 Å². The largest absolute Gasteiger partial charge is 0.444 e. The molecule has 1 atom stereocenters. The lowest BCUT2D eigenvalue weighted by molar-refractivity contribution is 0.0234. The molecular formula is C15H21IN2O2. The highest BCUT2D eigenvalue weighted by Crippen LogP contribution is 2.29. The Hall–Kier alpha value is -0.820. The summed E-state index contributed by atoms with van der Waals surface area (Å²) in [5.41, 5.74) is 8.03. The highest BCUT2D eigenvalue weighted by molar-refractivity contribution is 14.1. The Bertz CT molecular complexity index is 511. The second-order valence-corrected chi connectivity index (χ2v) is 7.27. The standard InChI is InChI=1S/C15H21IN2O2/c1-15(2,3)20-14(19)18-8-7-13(17)10-5-4-6-12(16)11(10)9-18/h4-6,13H,7-9,17H2,1-3H3/t13-/m1/s1. The molecule has 2 N–H and O–H groups in total. The van der Waals surface area contributed by atoms with Gasteiger partial charge in [0.1, 0.15) is 5.60 Å². The molecule has 1 heterocycles. The molecule has 0 fully saturated rings. The third kappa shape index (κ3) is 3.63. The number of carbonyl (C=O) groups excluding carboxylic acids is 1. The van der Waals surface area contributed by atoms with E-state index >= 15 is 0 Å². The monoisotopic (exact) mass is 388 g/mol. The van der Waals surface area contributed by atoms with Crippen molar-refractivity contribution in [3.63, 3.8) is 0 Å². The van der Waals surface area contributed by atoms with Crippen molar-refractivity contribution in [1.82, 2.24) is 4.90 Å². The minimum absolute atomic E-state index is 0.0212. The lowest BCUT2D eigenvalue weighted by Crippen LogP contribution is -2.36. The van der Waals surface area contributed by atoms with Gasteiger partial charge in [-0.15, -0.1) is 0 Å². The zero-order valence-electron chi connectivity index (χ0n) is 12.1. The summed E-state index contributed by atoms with van der Waals surface area (Å²) in [6, 6.07) is 6.10. The summed E-state index contributed by atoms with van der Waals surface area (Å²) in [6.45, 7) is 6.84. The van der Waals surface area contributed by atoms with E-state index in [1.165, 1.54) is 0 Å². The van der Waals surface area contributed by atoms with Crippen molar-refractivity contribution in [2.45, 2.75) is 45.4 Å². The Balaban J connectivity index is 2.24. The summed E-state index contributed by atoms with van der Waals surface area (Å²) >= 11 is 2.30. The summed E-state index contributed by atoms with van der Waals surface area (Å²) in [6.07, 6.45) is 0.490. The van der Waals surface area contributed by atoms with Gasteiger partial charge in [0.15, 0.2) is 0 Å². The molecule has 1 aromatic carbocycles. The Morgan fingerprint density at radius 3 is 2.80 bits per heavy atom. The fourth-order valence-corrected chi connectivity index (χ4v) is 2.98. The van der Waals surface area contributed by atoms with E-state index in [-0.39, 0.29) is 12.1 Å². The minimum Gasteiger partial charge on any atom is -0.444 e. The van der Waals surface area contributed by atoms with Crippen LogP contribution in [0.3, 0.4) is 0 Å². The first kappa shape index (κ1) is 15.6. The van der Waals surface area contributed by atoms with E-state index in [1.54, 1.807) is 4.90 Å². The predicted octanol–water partition coefficient (Wildman–Crippen LogP) is 3.43. The number of amides is 1. The van der Waals surface area contributed by atoms with E-state index in [1.807, 2.05) is 32.9 Å². The molecule has 0 unspecified atom stereocenters. The lowest BCUT2D eigenvalue weighted by atomic mass is 10.0. The maximum atomic E-state index is 12.3. The van der Waals surface area contributed by atoms with Gasteiger partial charge < -0.3 is 15.4 Å². The zero-order chi connectivity index (χ0) is 14.9. The molecule has 5 heteroatoms. The van der Waals surface area contributed by atoms with Crippen LogP contribution in [-0.4, -0.2) is 23.1 Å². The van der Waals surface area contributed by atoms with E-state index in [9.17, 15) is 4.79 Å². The number of benzene rings is 1. The quantitative estimate of drug-likeness (QED) is 0.693. The highest BCUT2D eigenvalue weighted by atomic mass is 127. The molecule has 110 valence electrons. The van der Waals surface area contributed by atoms with E-state index in [4.69, 9.17) is 10.5 Å². The molecule has 0 saturated heterocycles. The Labute approximate surface area is 133 Å². The van der Waals surface area contributed by atoms with Gasteiger partial charge >= 0.3 is 6.09 Å². The van der Waals surface area contributed by atoms with Crippen LogP contribution in [0.4, 0.5) is 4.79 Å². The first-order valence-electron chi connectivity index (χ1n) is 6.79. The third-order valence-electron chi connectivity index (χ3n) is 3.27. The number of nitrogens with zero attached hydrogens (tertiary/aromatic N) is 1. The molecule has 0 aliphatic carbocycles. The van der Waals surface area contributed by atoms with Gasteiger partial charge in [-0.2, -0.15) is 0 Å². The Morgan fingerprint density at radius 1 is 1.45 bits per heavy atom. The maximum absolute atomic E-state index is 12.3. The van der Waals surface area contributed by atoms with Crippen LogP contribution in [0.5, 0.6) is 0 Å². The van der Waals surface area contributed by atoms with Crippen LogP contribution < -0.4 is 5.73 Å². The van der Waals surface area contributed by atoms with Crippen molar-refractivity contribution in [2.75, 3.05) is 6.54 Å². The van der Waals surface area contributed by atoms with Crippen molar-refractivity contribution < 1.29 is 9.53 Å². The number of rotatable bonds is 0. The molecule has 1 aliphatic heterocycles. The van der Waals surface area contributed by atoms with Crippen molar-refractivity contribution in [1.29, 1.82) is 0 Å². The number of halogens is 1. The van der Waals surface area contributed by atoms with Crippen LogP contribution in [0.15, 0.2) is 18.2 Å². The SMILES string of the molecule is CC(C)(C)OC(=O)N1CC[C@@H](N)c2cccc(I)c2C1. The predicted molar refractivity (Wildman–Crippen MR) is 87.3 cm³/mol. The van der Waals surface area contributed by atoms with Crippen molar-refractivity contribution >= 4 is 28.7 Å². The summed E-state index contributed by atoms with van der Waals surface area (Å²) in [5.74, 6) is 0. The number of carbonyl (C=O) groups is 1. The maximum Gasteiger partial charge on any atom is 0.410 e. The summed E-state index contributed by atoms with van der Waals surface area (Å²) in [4.78, 5) is 14.0. The van der Waals surface area contributed by atoms with Gasteiger partial charge in [0.25, 0.3) is 0 Å². The molecule has 0 bridgehead atoms. The molecule has 4 nitrogen and oxygen atoms in total. The molecule has 0 spiro atoms. The van der Waals surface area contributed by atoms with Gasteiger partial charge in [-0.25, -0.2) is 4.79 Å². The number of ether oxygens (including phenoxy) is 1. The van der Waals surface area contributed by atoms with Gasteiger partial charge in [-0.3, -0.25) is 0 Å². The second kappa shape index (κ2) is 5.89. The second-order valence-electron chi connectivity index (χ2n) is 6.10. The molecule has 1 aliphatic rings. The average molecular weight is 388 g/mol. The number of hydrogen-bond acceptors (Lipinski definition) is 3. The average Bonchev–Trinajstić information content (AvgIpc) is 2.49.